The first-order valence-electron chi connectivity index (χ1n) is 13.9. The van der Waals surface area contributed by atoms with Gasteiger partial charge in [0.25, 0.3) is 11.5 Å². The Labute approximate surface area is 216 Å². The van der Waals surface area contributed by atoms with Crippen molar-refractivity contribution < 1.29 is 23.8 Å². The number of likely N-dealkylation sites (N-methyl/N-ethyl adjacent to an activating group) is 1. The molecular formula is C27H47N3O6. The summed E-state index contributed by atoms with van der Waals surface area (Å²) in [7, 11) is 4.19. The van der Waals surface area contributed by atoms with Crippen molar-refractivity contribution in [2.45, 2.75) is 109 Å². The van der Waals surface area contributed by atoms with E-state index in [0.29, 0.717) is 11.0 Å². The van der Waals surface area contributed by atoms with Crippen molar-refractivity contribution in [1.29, 1.82) is 0 Å². The largest absolute Gasteiger partial charge is 0.344 e. The van der Waals surface area contributed by atoms with Crippen LogP contribution in [0.1, 0.15) is 96.8 Å². The summed E-state index contributed by atoms with van der Waals surface area (Å²) in [6, 6.07) is -0.448. The summed E-state index contributed by atoms with van der Waals surface area (Å²) in [5.41, 5.74) is -0.448. The number of ether oxygens (including phenoxy) is 2. The fraction of sp³-hybridized carbons (Fsp3) is 0.815. The second-order valence-corrected chi connectivity index (χ2v) is 10.9. The van der Waals surface area contributed by atoms with Gasteiger partial charge in [-0.15, -0.1) is 6.08 Å². The van der Waals surface area contributed by atoms with E-state index in [1.54, 1.807) is 0 Å². The lowest BCUT2D eigenvalue weighted by Crippen LogP contribution is -2.49. The number of nitrogens with zero attached hydrogens (tertiary/aromatic N) is 3. The van der Waals surface area contributed by atoms with E-state index in [4.69, 9.17) is 9.47 Å². The second-order valence-electron chi connectivity index (χ2n) is 10.9. The molecule has 0 bridgehead atoms. The zero-order valence-corrected chi connectivity index (χ0v) is 22.6. The van der Waals surface area contributed by atoms with E-state index in [-0.39, 0.29) is 6.61 Å². The highest BCUT2D eigenvalue weighted by molar-refractivity contribution is 5.33. The average Bonchev–Trinajstić information content (AvgIpc) is 3.21. The maximum Gasteiger partial charge on any atom is 0.283 e. The Morgan fingerprint density at radius 1 is 0.944 bits per heavy atom. The molecule has 0 aromatic rings. The van der Waals surface area contributed by atoms with Gasteiger partial charge in [0, 0.05) is 0 Å². The highest BCUT2D eigenvalue weighted by atomic mass is 16.8. The molecule has 0 aromatic heterocycles. The molecule has 1 heterocycles. The third-order valence-corrected chi connectivity index (χ3v) is 7.20. The molecule has 36 heavy (non-hydrogen) atoms. The van der Waals surface area contributed by atoms with Crippen LogP contribution < -0.4 is 0 Å². The predicted octanol–water partition coefficient (Wildman–Crippen LogP) is 6.19. The molecule has 9 nitrogen and oxygen atoms in total. The minimum atomic E-state index is -2.04. The van der Waals surface area contributed by atoms with Crippen LogP contribution in [0.2, 0.25) is 0 Å². The number of rotatable bonds is 19. The van der Waals surface area contributed by atoms with Crippen LogP contribution in [0.5, 0.6) is 0 Å². The lowest BCUT2D eigenvalue weighted by atomic mass is 9.98. The fourth-order valence-corrected chi connectivity index (χ4v) is 5.19. The Hall–Kier alpha value is -1.97. The molecule has 0 amide bonds. The summed E-state index contributed by atoms with van der Waals surface area (Å²) >= 11 is 0. The SMILES string of the molecule is CCCCCCCCCCCCCCCC[N+](C)(C)CC1COC2(O1)C([N+](=O)[O-])=CC=C[C-]2[N+](=O)[O-]. The minimum absolute atomic E-state index is 0.0801. The van der Waals surface area contributed by atoms with E-state index in [1.165, 1.54) is 102 Å². The third kappa shape index (κ3) is 9.48. The number of hydrogen-bond acceptors (Lipinski definition) is 6. The van der Waals surface area contributed by atoms with Gasteiger partial charge in [-0.3, -0.25) is 20.2 Å². The summed E-state index contributed by atoms with van der Waals surface area (Å²) in [5, 5.41) is 23.1. The van der Waals surface area contributed by atoms with Gasteiger partial charge in [0.05, 0.1) is 32.2 Å². The number of hydrogen-bond donors (Lipinski definition) is 0. The first-order chi connectivity index (χ1) is 17.2. The molecule has 0 aromatic carbocycles. The standard InChI is InChI=1S/C27H47N3O6/c1-4-5-6-7-8-9-10-11-12-13-14-15-16-17-21-30(2,3)22-24-23-35-27(36-24)25(28(31)32)19-18-20-26(27)29(33)34/h18-20,24H,4-17,21-23H2,1-3H3. The van der Waals surface area contributed by atoms with Crippen molar-refractivity contribution in [2.24, 2.45) is 0 Å². The molecule has 0 N–H and O–H groups in total. The Bertz CT molecular complexity index is 754. The van der Waals surface area contributed by atoms with Crippen molar-refractivity contribution in [3.63, 3.8) is 0 Å². The van der Waals surface area contributed by atoms with Crippen LogP contribution in [-0.4, -0.2) is 60.0 Å². The van der Waals surface area contributed by atoms with E-state index in [2.05, 4.69) is 21.0 Å². The molecule has 1 fully saturated rings. The van der Waals surface area contributed by atoms with Crippen LogP contribution in [0.25, 0.3) is 0 Å². The maximum absolute atomic E-state index is 11.5. The van der Waals surface area contributed by atoms with Crippen LogP contribution in [0, 0.1) is 26.3 Å². The summed E-state index contributed by atoms with van der Waals surface area (Å²) in [4.78, 5) is 21.8. The third-order valence-electron chi connectivity index (χ3n) is 7.20. The predicted molar refractivity (Wildman–Crippen MR) is 140 cm³/mol. The monoisotopic (exact) mass is 509 g/mol. The summed E-state index contributed by atoms with van der Waals surface area (Å²) in [6.45, 7) is 3.86. The van der Waals surface area contributed by atoms with E-state index >= 15 is 0 Å². The quantitative estimate of drug-likeness (QED) is 0.0675. The van der Waals surface area contributed by atoms with E-state index in [9.17, 15) is 20.2 Å². The van der Waals surface area contributed by atoms with Crippen LogP contribution >= 0.6 is 0 Å². The van der Waals surface area contributed by atoms with Crippen LogP contribution in [0.4, 0.5) is 0 Å². The maximum atomic E-state index is 11.5. The van der Waals surface area contributed by atoms with Crippen molar-refractivity contribution in [2.75, 3.05) is 33.8 Å². The highest BCUT2D eigenvalue weighted by Crippen LogP contribution is 2.42. The van der Waals surface area contributed by atoms with Gasteiger partial charge in [0.15, 0.2) is 6.04 Å². The lowest BCUT2D eigenvalue weighted by molar-refractivity contribution is -0.893. The van der Waals surface area contributed by atoms with Crippen molar-refractivity contribution in [3.8, 4) is 0 Å². The minimum Gasteiger partial charge on any atom is -0.344 e. The molecule has 9 heteroatoms. The van der Waals surface area contributed by atoms with E-state index in [1.807, 2.05) is 0 Å². The van der Waals surface area contributed by atoms with Gasteiger partial charge in [-0.1, -0.05) is 90.0 Å². The molecule has 1 spiro atoms. The Morgan fingerprint density at radius 2 is 1.47 bits per heavy atom. The molecule has 1 aliphatic heterocycles. The van der Waals surface area contributed by atoms with Crippen molar-refractivity contribution >= 4 is 0 Å². The van der Waals surface area contributed by atoms with Gasteiger partial charge in [0.1, 0.15) is 12.6 Å². The second kappa shape index (κ2) is 15.3. The van der Waals surface area contributed by atoms with Gasteiger partial charge >= 0.3 is 0 Å². The molecule has 2 rings (SSSR count). The van der Waals surface area contributed by atoms with Gasteiger partial charge in [-0.2, -0.15) is 6.08 Å². The Kier molecular flexibility index (Phi) is 12.9. The van der Waals surface area contributed by atoms with Crippen molar-refractivity contribution in [1.82, 2.24) is 0 Å². The molecule has 2 atom stereocenters. The average molecular weight is 510 g/mol. The van der Waals surface area contributed by atoms with Gasteiger partial charge in [-0.25, -0.2) is 0 Å². The van der Waals surface area contributed by atoms with Crippen LogP contribution in [0.3, 0.4) is 0 Å². The van der Waals surface area contributed by atoms with Gasteiger partial charge in [0.2, 0.25) is 0 Å². The Morgan fingerprint density at radius 3 is 1.97 bits per heavy atom. The summed E-state index contributed by atoms with van der Waals surface area (Å²) < 4.78 is 12.2. The zero-order chi connectivity index (χ0) is 26.4. The topological polar surface area (TPSA) is 105 Å². The zero-order valence-electron chi connectivity index (χ0n) is 22.6. The van der Waals surface area contributed by atoms with Gasteiger partial charge < -0.3 is 14.0 Å². The van der Waals surface area contributed by atoms with E-state index in [0.717, 1.165) is 13.0 Å². The first kappa shape index (κ1) is 30.3. The van der Waals surface area contributed by atoms with Crippen LogP contribution in [0.15, 0.2) is 23.9 Å². The molecule has 2 aliphatic rings. The Balaban J connectivity index is 1.62. The summed E-state index contributed by atoms with van der Waals surface area (Å²) in [6.07, 6.45) is 21.7. The fourth-order valence-electron chi connectivity index (χ4n) is 5.19. The molecular weight excluding hydrogens is 462 g/mol. The summed E-state index contributed by atoms with van der Waals surface area (Å²) in [5.74, 6) is -2.04. The first-order valence-corrected chi connectivity index (χ1v) is 13.9. The molecule has 2 unspecified atom stereocenters. The molecule has 1 aliphatic carbocycles. The number of quaternary nitrogens is 1. The smallest absolute Gasteiger partial charge is 0.283 e. The van der Waals surface area contributed by atoms with E-state index < -0.39 is 33.5 Å². The highest BCUT2D eigenvalue weighted by Gasteiger charge is 2.59. The lowest BCUT2D eigenvalue weighted by Gasteiger charge is -2.35. The number of unbranched alkanes of at least 4 members (excludes halogenated alkanes) is 13. The molecule has 0 radical (unpaired) electrons. The molecule has 1 saturated heterocycles. The normalized spacial score (nSPS) is 21.8. The number of nitro groups is 2. The van der Waals surface area contributed by atoms with Crippen LogP contribution in [-0.2, 0) is 9.47 Å². The molecule has 206 valence electrons. The van der Waals surface area contributed by atoms with Crippen molar-refractivity contribution in [3.05, 3.63) is 50.2 Å². The number of allylic oxidation sites excluding steroid dienone is 2. The van der Waals surface area contributed by atoms with Gasteiger partial charge in [-0.05, 0) is 17.8 Å². The molecule has 0 saturated carbocycles.